The first kappa shape index (κ1) is 12.5. The molecule has 0 spiro atoms. The van der Waals surface area contributed by atoms with Gasteiger partial charge in [-0.25, -0.2) is 0 Å². The maximum Gasteiger partial charge on any atom is 0.228 e. The Morgan fingerprint density at radius 3 is 2.32 bits per heavy atom. The average Bonchev–Trinajstić information content (AvgIpc) is 3.25. The predicted molar refractivity (Wildman–Crippen MR) is 72.8 cm³/mol. The van der Waals surface area contributed by atoms with Gasteiger partial charge in [-0.3, -0.25) is 9.59 Å². The van der Waals surface area contributed by atoms with Crippen molar-refractivity contribution in [3.63, 3.8) is 0 Å². The van der Waals surface area contributed by atoms with E-state index in [2.05, 4.69) is 10.6 Å². The Labute approximate surface area is 116 Å². The fourth-order valence-corrected chi connectivity index (χ4v) is 2.20. The van der Waals surface area contributed by atoms with E-state index in [1.807, 2.05) is 0 Å². The van der Waals surface area contributed by atoms with Crippen LogP contribution >= 0.6 is 11.6 Å². The van der Waals surface area contributed by atoms with Crippen molar-refractivity contribution in [1.29, 1.82) is 0 Å². The van der Waals surface area contributed by atoms with Crippen LogP contribution in [0, 0.1) is 11.8 Å². The zero-order valence-electron chi connectivity index (χ0n) is 10.4. The van der Waals surface area contributed by atoms with Crippen LogP contribution in [0.5, 0.6) is 0 Å². The molecule has 2 atom stereocenters. The van der Waals surface area contributed by atoms with E-state index in [0.29, 0.717) is 23.2 Å². The first-order chi connectivity index (χ1) is 9.13. The summed E-state index contributed by atoms with van der Waals surface area (Å²) >= 11 is 5.78. The van der Waals surface area contributed by atoms with Gasteiger partial charge in [-0.05, 0) is 43.5 Å². The molecule has 1 aromatic carbocycles. The van der Waals surface area contributed by atoms with Crippen molar-refractivity contribution < 1.29 is 9.59 Å². The summed E-state index contributed by atoms with van der Waals surface area (Å²) in [5.74, 6) is -0.389. The first-order valence-corrected chi connectivity index (χ1v) is 6.88. The smallest absolute Gasteiger partial charge is 0.228 e. The number of benzene rings is 1. The molecule has 2 unspecified atom stereocenters. The van der Waals surface area contributed by atoms with E-state index in [1.165, 1.54) is 0 Å². The Hall–Kier alpha value is -1.55. The molecule has 100 valence electrons. The van der Waals surface area contributed by atoms with Crippen molar-refractivity contribution in [2.45, 2.75) is 25.3 Å². The Bertz CT molecular complexity index is 511. The van der Waals surface area contributed by atoms with E-state index in [0.717, 1.165) is 12.8 Å². The Kier molecular flexibility index (Phi) is 3.19. The summed E-state index contributed by atoms with van der Waals surface area (Å²) in [5.41, 5.74) is 0.711. The van der Waals surface area contributed by atoms with E-state index >= 15 is 0 Å². The normalized spacial score (nSPS) is 24.7. The van der Waals surface area contributed by atoms with Crippen LogP contribution in [0.1, 0.15) is 19.3 Å². The molecule has 0 bridgehead atoms. The minimum absolute atomic E-state index is 0.0266. The highest BCUT2D eigenvalue weighted by Crippen LogP contribution is 2.40. The molecule has 0 radical (unpaired) electrons. The van der Waals surface area contributed by atoms with Crippen molar-refractivity contribution in [3.8, 4) is 0 Å². The summed E-state index contributed by atoms with van der Waals surface area (Å²) in [7, 11) is 0. The third kappa shape index (κ3) is 3.07. The third-order valence-electron chi connectivity index (χ3n) is 3.50. The van der Waals surface area contributed by atoms with E-state index in [4.69, 9.17) is 11.6 Å². The van der Waals surface area contributed by atoms with Crippen molar-refractivity contribution in [2.75, 3.05) is 5.32 Å². The molecule has 4 nitrogen and oxygen atoms in total. The highest BCUT2D eigenvalue weighted by atomic mass is 35.5. The molecule has 19 heavy (non-hydrogen) atoms. The summed E-state index contributed by atoms with van der Waals surface area (Å²) in [5, 5.41) is 6.37. The molecule has 5 heteroatoms. The van der Waals surface area contributed by atoms with Gasteiger partial charge in [0.25, 0.3) is 0 Å². The van der Waals surface area contributed by atoms with Crippen molar-refractivity contribution >= 4 is 29.1 Å². The van der Waals surface area contributed by atoms with E-state index in [-0.39, 0.29) is 23.7 Å². The lowest BCUT2D eigenvalue weighted by molar-refractivity contribution is -0.125. The molecule has 0 heterocycles. The number of anilines is 1. The molecule has 3 rings (SSSR count). The molecule has 2 aliphatic carbocycles. The van der Waals surface area contributed by atoms with Crippen LogP contribution in [-0.4, -0.2) is 17.9 Å². The van der Waals surface area contributed by atoms with Crippen LogP contribution < -0.4 is 10.6 Å². The number of carbonyl (C=O) groups is 2. The number of rotatable bonds is 4. The van der Waals surface area contributed by atoms with Gasteiger partial charge >= 0.3 is 0 Å². The third-order valence-corrected chi connectivity index (χ3v) is 3.75. The SMILES string of the molecule is O=C(Nc1ccc(Cl)cc1)C1CC1C(=O)NC1CC1. The summed E-state index contributed by atoms with van der Waals surface area (Å²) < 4.78 is 0. The number of halogens is 1. The topological polar surface area (TPSA) is 58.2 Å². The van der Waals surface area contributed by atoms with Gasteiger partial charge in [0.1, 0.15) is 0 Å². The standard InChI is InChI=1S/C14H15ClN2O2/c15-8-1-3-9(4-2-8)16-13(18)11-7-12(11)14(19)17-10-5-6-10/h1-4,10-12H,5-7H2,(H,16,18)(H,17,19). The average molecular weight is 279 g/mol. The summed E-state index contributed by atoms with van der Waals surface area (Å²) in [6.45, 7) is 0. The molecule has 0 aromatic heterocycles. The van der Waals surface area contributed by atoms with Crippen molar-refractivity contribution in [2.24, 2.45) is 11.8 Å². The van der Waals surface area contributed by atoms with Gasteiger partial charge in [0.2, 0.25) is 11.8 Å². The zero-order valence-corrected chi connectivity index (χ0v) is 11.1. The van der Waals surface area contributed by atoms with E-state index in [1.54, 1.807) is 24.3 Å². The molecule has 2 fully saturated rings. The van der Waals surface area contributed by atoms with Gasteiger partial charge in [-0.15, -0.1) is 0 Å². The largest absolute Gasteiger partial charge is 0.353 e. The van der Waals surface area contributed by atoms with Crippen LogP contribution in [0.15, 0.2) is 24.3 Å². The first-order valence-electron chi connectivity index (χ1n) is 6.50. The predicted octanol–water partition coefficient (Wildman–Crippen LogP) is 2.19. The number of carbonyl (C=O) groups excluding carboxylic acids is 2. The molecule has 2 amide bonds. The summed E-state index contributed by atoms with van der Waals surface area (Å²) in [6, 6.07) is 7.31. The fourth-order valence-electron chi connectivity index (χ4n) is 2.08. The summed E-state index contributed by atoms with van der Waals surface area (Å²) in [6.07, 6.45) is 2.79. The van der Waals surface area contributed by atoms with E-state index in [9.17, 15) is 9.59 Å². The number of hydrogen-bond donors (Lipinski definition) is 2. The molecular weight excluding hydrogens is 264 g/mol. The lowest BCUT2D eigenvalue weighted by atomic mass is 10.2. The maximum absolute atomic E-state index is 12.0. The minimum atomic E-state index is -0.186. The van der Waals surface area contributed by atoms with Crippen LogP contribution in [0.2, 0.25) is 5.02 Å². The number of amides is 2. The molecule has 2 N–H and O–H groups in total. The lowest BCUT2D eigenvalue weighted by Gasteiger charge is -2.05. The molecular formula is C14H15ClN2O2. The van der Waals surface area contributed by atoms with Crippen molar-refractivity contribution in [3.05, 3.63) is 29.3 Å². The van der Waals surface area contributed by atoms with Gasteiger partial charge in [-0.1, -0.05) is 11.6 Å². The van der Waals surface area contributed by atoms with Crippen molar-refractivity contribution in [1.82, 2.24) is 5.32 Å². The maximum atomic E-state index is 12.0. The fraction of sp³-hybridized carbons (Fsp3) is 0.429. The quantitative estimate of drug-likeness (QED) is 0.887. The zero-order chi connectivity index (χ0) is 13.4. The number of hydrogen-bond acceptors (Lipinski definition) is 2. The molecule has 2 saturated carbocycles. The second-order valence-corrected chi connectivity index (χ2v) is 5.66. The van der Waals surface area contributed by atoms with Gasteiger partial charge in [0.05, 0.1) is 11.8 Å². The second kappa shape index (κ2) is 4.85. The van der Waals surface area contributed by atoms with Gasteiger partial charge in [0.15, 0.2) is 0 Å². The minimum Gasteiger partial charge on any atom is -0.353 e. The van der Waals surface area contributed by atoms with E-state index < -0.39 is 0 Å². The van der Waals surface area contributed by atoms with Crippen LogP contribution in [0.3, 0.4) is 0 Å². The highest BCUT2D eigenvalue weighted by Gasteiger charge is 2.48. The monoisotopic (exact) mass is 278 g/mol. The Balaban J connectivity index is 1.51. The van der Waals surface area contributed by atoms with Crippen LogP contribution in [0.25, 0.3) is 0 Å². The second-order valence-electron chi connectivity index (χ2n) is 5.23. The van der Waals surface area contributed by atoms with Crippen LogP contribution in [0.4, 0.5) is 5.69 Å². The van der Waals surface area contributed by atoms with Gasteiger partial charge < -0.3 is 10.6 Å². The molecule has 0 saturated heterocycles. The van der Waals surface area contributed by atoms with Gasteiger partial charge in [0, 0.05) is 16.8 Å². The van der Waals surface area contributed by atoms with Gasteiger partial charge in [-0.2, -0.15) is 0 Å². The molecule has 1 aromatic rings. The lowest BCUT2D eigenvalue weighted by Crippen LogP contribution is -2.29. The number of nitrogens with one attached hydrogen (secondary N) is 2. The Morgan fingerprint density at radius 1 is 1.05 bits per heavy atom. The highest BCUT2D eigenvalue weighted by molar-refractivity contribution is 6.30. The molecule has 2 aliphatic rings. The summed E-state index contributed by atoms with van der Waals surface area (Å²) in [4.78, 5) is 23.7. The Morgan fingerprint density at radius 2 is 1.68 bits per heavy atom. The molecule has 0 aliphatic heterocycles. The van der Waals surface area contributed by atoms with Crippen LogP contribution in [-0.2, 0) is 9.59 Å².